The van der Waals surface area contributed by atoms with Gasteiger partial charge in [0.05, 0.1) is 34.7 Å². The van der Waals surface area contributed by atoms with E-state index in [9.17, 15) is 20.3 Å². The van der Waals surface area contributed by atoms with Crippen molar-refractivity contribution in [2.45, 2.75) is 101 Å². The first-order chi connectivity index (χ1) is 33.4. The number of aryl methyl sites for hydroxylation is 2. The molecule has 2 heterocycles. The van der Waals surface area contributed by atoms with E-state index in [1.807, 2.05) is 62.4 Å². The van der Waals surface area contributed by atoms with Gasteiger partial charge >= 0.3 is 0 Å². The van der Waals surface area contributed by atoms with Gasteiger partial charge in [0.1, 0.15) is 28.8 Å². The molecule has 6 unspecified atom stereocenters. The van der Waals surface area contributed by atoms with E-state index in [1.165, 1.54) is 16.4 Å². The fourth-order valence-electron chi connectivity index (χ4n) is 10.6. The lowest BCUT2D eigenvalue weighted by molar-refractivity contribution is -0.384. The van der Waals surface area contributed by atoms with Crippen molar-refractivity contribution in [2.24, 2.45) is 22.9 Å². The van der Waals surface area contributed by atoms with Gasteiger partial charge < -0.3 is 29.3 Å². The first kappa shape index (κ1) is 49.5. The number of benzene rings is 4. The van der Waals surface area contributed by atoms with Crippen molar-refractivity contribution < 1.29 is 42.6 Å². The number of unbranched alkanes of at least 4 members (excludes halogenated alkanes) is 2. The topological polar surface area (TPSA) is 183 Å². The molecule has 4 aromatic carbocycles. The first-order valence-electron chi connectivity index (χ1n) is 24.0. The SMILES string of the molecule is C=CCOC12Oc3ccc(Oc4ccc(C)c(C)c4)cc3C3C(CCCCO)C(CCCCO)C=C(C(=NOCc4ccc([N+](=O)[O-])cc4)CC1N(CCC)S(=O)(=O)c1cccc4cccnc14)C32. The number of nitro groups is 1. The van der Waals surface area contributed by atoms with Crippen molar-refractivity contribution in [2.75, 3.05) is 26.4 Å². The van der Waals surface area contributed by atoms with Gasteiger partial charge in [-0.1, -0.05) is 61.3 Å². The van der Waals surface area contributed by atoms with Crippen LogP contribution in [0.15, 0.2) is 132 Å². The molecule has 0 bridgehead atoms. The van der Waals surface area contributed by atoms with Crippen molar-refractivity contribution in [1.29, 1.82) is 0 Å². The Balaban J connectivity index is 1.36. The quantitative estimate of drug-likeness (QED) is 0.0291. The van der Waals surface area contributed by atoms with Gasteiger partial charge in [-0.2, -0.15) is 4.31 Å². The molecule has 8 rings (SSSR count). The summed E-state index contributed by atoms with van der Waals surface area (Å²) in [6, 6.07) is 25.6. The maximum absolute atomic E-state index is 15.7. The molecule has 2 N–H and O–H groups in total. The number of nitro benzene ring substituents is 1. The van der Waals surface area contributed by atoms with E-state index in [0.29, 0.717) is 58.7 Å². The third-order valence-electron chi connectivity index (χ3n) is 13.9. The molecule has 14 nitrogen and oxygen atoms in total. The molecule has 1 aromatic heterocycles. The van der Waals surface area contributed by atoms with Crippen molar-refractivity contribution in [1.82, 2.24) is 9.29 Å². The number of aliphatic hydroxyl groups is 2. The van der Waals surface area contributed by atoms with E-state index in [1.54, 1.807) is 42.6 Å². The van der Waals surface area contributed by atoms with Crippen LogP contribution in [0.4, 0.5) is 5.69 Å². The average Bonchev–Trinajstić information content (AvgIpc) is 3.35. The van der Waals surface area contributed by atoms with Crippen LogP contribution in [0.25, 0.3) is 10.9 Å². The Labute approximate surface area is 404 Å². The zero-order chi connectivity index (χ0) is 48.7. The number of sulfonamides is 1. The smallest absolute Gasteiger partial charge is 0.269 e. The monoisotopic (exact) mass is 958 g/mol. The lowest BCUT2D eigenvalue weighted by atomic mass is 9.55. The Bertz CT molecular complexity index is 2810. The van der Waals surface area contributed by atoms with Crippen LogP contribution in [0.3, 0.4) is 0 Å². The third-order valence-corrected chi connectivity index (χ3v) is 15.8. The first-order valence-corrected chi connectivity index (χ1v) is 25.4. The molecule has 15 heteroatoms. The number of non-ortho nitro benzene ring substituents is 1. The number of fused-ring (bicyclic) bond motifs is 3. The second-order valence-corrected chi connectivity index (χ2v) is 20.1. The Morgan fingerprint density at radius 1 is 0.957 bits per heavy atom. The van der Waals surface area contributed by atoms with Crippen LogP contribution in [0.1, 0.15) is 86.5 Å². The van der Waals surface area contributed by atoms with Crippen LogP contribution in [0, 0.1) is 41.7 Å². The molecule has 0 saturated heterocycles. The van der Waals surface area contributed by atoms with Crippen molar-refractivity contribution >= 4 is 32.3 Å². The maximum Gasteiger partial charge on any atom is 0.269 e. The Kier molecular flexibility index (Phi) is 15.6. The molecule has 0 amide bonds. The number of para-hydroxylation sites is 1. The number of rotatable bonds is 22. The van der Waals surface area contributed by atoms with E-state index in [4.69, 9.17) is 24.2 Å². The van der Waals surface area contributed by atoms with Gasteiger partial charge in [-0.15, -0.1) is 6.58 Å². The lowest BCUT2D eigenvalue weighted by Crippen LogP contribution is -2.70. The molecule has 364 valence electrons. The summed E-state index contributed by atoms with van der Waals surface area (Å²) >= 11 is 0. The minimum Gasteiger partial charge on any atom is -0.460 e. The largest absolute Gasteiger partial charge is 0.460 e. The van der Waals surface area contributed by atoms with Crippen molar-refractivity contribution in [3.05, 3.63) is 154 Å². The van der Waals surface area contributed by atoms with E-state index < -0.39 is 32.7 Å². The Morgan fingerprint density at radius 2 is 1.70 bits per heavy atom. The van der Waals surface area contributed by atoms with Gasteiger partial charge in [0.2, 0.25) is 15.8 Å². The molecule has 0 spiro atoms. The highest BCUT2D eigenvalue weighted by Crippen LogP contribution is 2.62. The summed E-state index contributed by atoms with van der Waals surface area (Å²) in [5, 5.41) is 37.1. The summed E-state index contributed by atoms with van der Waals surface area (Å²) in [4.78, 5) is 21.8. The van der Waals surface area contributed by atoms with Gasteiger partial charge in [0.15, 0.2) is 0 Å². The number of nitrogens with zero attached hydrogens (tertiary/aromatic N) is 4. The zero-order valence-corrected chi connectivity index (χ0v) is 40.4. The molecule has 1 aliphatic heterocycles. The summed E-state index contributed by atoms with van der Waals surface area (Å²) in [7, 11) is -4.36. The standard InChI is InChI=1S/C54H62N4O10S/c1-5-27-57(69(63,64)49-17-11-14-39-15-12-26-55-53(39)49)50-34-47(56-66-35-38-19-21-41(22-20-38)58(61)62)45-32-40(13-7-9-28-59)44(16-8-10-29-60)51-46-33-43(67-42-23-18-36(3)37(4)31-42)24-25-48(46)68-54(50,52(45)51)65-30-6-2/h6,11-12,14-15,17-26,31-33,40,44,50-52,59-60H,2,5,7-10,13,16,27-30,34-35H2,1,3-4H3. The molecule has 69 heavy (non-hydrogen) atoms. The lowest BCUT2D eigenvalue weighted by Gasteiger charge is -2.59. The molecule has 1 saturated carbocycles. The number of oxime groups is 1. The highest BCUT2D eigenvalue weighted by Gasteiger charge is 2.66. The minimum atomic E-state index is -4.36. The van der Waals surface area contributed by atoms with E-state index in [0.717, 1.165) is 47.9 Å². The van der Waals surface area contributed by atoms with E-state index >= 15 is 8.42 Å². The molecule has 2 aliphatic carbocycles. The zero-order valence-electron chi connectivity index (χ0n) is 39.5. The number of aliphatic hydroxyl groups excluding tert-OH is 2. The summed E-state index contributed by atoms with van der Waals surface area (Å²) in [5.41, 5.74) is 5.41. The fourth-order valence-corrected chi connectivity index (χ4v) is 12.5. The number of hydrogen-bond acceptors (Lipinski definition) is 12. The summed E-state index contributed by atoms with van der Waals surface area (Å²) in [5.74, 6) is -0.920. The number of hydrogen-bond donors (Lipinski definition) is 2. The number of allylic oxidation sites excluding steroid dienone is 1. The van der Waals surface area contributed by atoms with Crippen LogP contribution >= 0.6 is 0 Å². The number of pyridine rings is 1. The summed E-state index contributed by atoms with van der Waals surface area (Å²) in [6.07, 6.45) is 10.1. The van der Waals surface area contributed by atoms with Gasteiger partial charge in [0.25, 0.3) is 5.69 Å². The second kappa shape index (κ2) is 21.8. The number of aromatic nitrogens is 1. The molecular formula is C54H62N4O10S. The van der Waals surface area contributed by atoms with Crippen molar-refractivity contribution in [3.8, 4) is 17.2 Å². The van der Waals surface area contributed by atoms with Crippen LogP contribution in [0.5, 0.6) is 17.2 Å². The third kappa shape index (κ3) is 10.2. The fraction of sp³-hybridized carbons (Fsp3) is 0.407. The van der Waals surface area contributed by atoms with Crippen molar-refractivity contribution in [3.63, 3.8) is 0 Å². The molecule has 6 atom stereocenters. The molecule has 3 aliphatic rings. The van der Waals surface area contributed by atoms with Gasteiger partial charge in [-0.25, -0.2) is 8.42 Å². The molecule has 5 aromatic rings. The highest BCUT2D eigenvalue weighted by atomic mass is 32.2. The second-order valence-electron chi connectivity index (χ2n) is 18.3. The Hall–Kier alpha value is -5.97. The predicted octanol–water partition coefficient (Wildman–Crippen LogP) is 10.5. The van der Waals surface area contributed by atoms with Gasteiger partial charge in [-0.3, -0.25) is 15.1 Å². The predicted molar refractivity (Wildman–Crippen MR) is 265 cm³/mol. The van der Waals surface area contributed by atoms with Crippen LogP contribution in [0.2, 0.25) is 0 Å². The number of ether oxygens (including phenoxy) is 3. The molecular weight excluding hydrogens is 897 g/mol. The summed E-state index contributed by atoms with van der Waals surface area (Å²) in [6.45, 7) is 10.3. The molecule has 0 radical (unpaired) electrons. The van der Waals surface area contributed by atoms with Crippen LogP contribution < -0.4 is 9.47 Å². The van der Waals surface area contributed by atoms with Crippen LogP contribution in [-0.4, -0.2) is 76.7 Å². The van der Waals surface area contributed by atoms with Gasteiger partial charge in [0, 0.05) is 61.4 Å². The van der Waals surface area contributed by atoms with Gasteiger partial charge in [-0.05, 0) is 135 Å². The van der Waals surface area contributed by atoms with Crippen LogP contribution in [-0.2, 0) is 26.2 Å². The van der Waals surface area contributed by atoms with E-state index in [-0.39, 0.29) is 67.7 Å². The Morgan fingerprint density at radius 3 is 2.42 bits per heavy atom. The maximum atomic E-state index is 15.7. The molecule has 1 fully saturated rings. The minimum absolute atomic E-state index is 0.00742. The highest BCUT2D eigenvalue weighted by molar-refractivity contribution is 7.89. The summed E-state index contributed by atoms with van der Waals surface area (Å²) < 4.78 is 54.0. The normalized spacial score (nSPS) is 22.4. The average molecular weight is 959 g/mol. The van der Waals surface area contributed by atoms with E-state index in [2.05, 4.69) is 24.6 Å².